The second kappa shape index (κ2) is 14.3. The molecule has 2 aromatic carbocycles. The molecule has 0 aliphatic carbocycles. The van der Waals surface area contributed by atoms with Crippen LogP contribution in [0.1, 0.15) is 33.3 Å². The third kappa shape index (κ3) is 9.20. The first-order valence-corrected chi connectivity index (χ1v) is 13.5. The minimum absolute atomic E-state index is 0.112. The lowest BCUT2D eigenvalue weighted by Crippen LogP contribution is -2.39. The molecule has 0 fully saturated rings. The number of benzene rings is 2. The van der Waals surface area contributed by atoms with Gasteiger partial charge < -0.3 is 30.3 Å². The van der Waals surface area contributed by atoms with Gasteiger partial charge in [-0.2, -0.15) is 4.98 Å². The SMILES string of the molecule is C=CC(=O)Cc1ccccc1Nc1nc(Nc2ccc(N(CCNC(=O)OC(C)(C)C)C(C)=O)cc2OC)ncc1Cl. The molecule has 0 unspecified atom stereocenters. The summed E-state index contributed by atoms with van der Waals surface area (Å²) >= 11 is 6.38. The van der Waals surface area contributed by atoms with Crippen LogP contribution in [-0.2, 0) is 20.7 Å². The van der Waals surface area contributed by atoms with Crippen LogP contribution in [0.2, 0.25) is 5.02 Å². The molecule has 2 amide bonds. The molecule has 0 aliphatic rings. The average Bonchev–Trinajstić information content (AvgIpc) is 2.93. The Morgan fingerprint density at radius 1 is 1.10 bits per heavy atom. The number of anilines is 5. The Kier molecular flexibility index (Phi) is 10.9. The molecule has 1 heterocycles. The van der Waals surface area contributed by atoms with E-state index in [1.54, 1.807) is 39.0 Å². The Morgan fingerprint density at radius 3 is 2.50 bits per heavy atom. The average molecular weight is 595 g/mol. The number of amides is 2. The van der Waals surface area contributed by atoms with Crippen LogP contribution in [0.25, 0.3) is 0 Å². The molecule has 0 radical (unpaired) electrons. The van der Waals surface area contributed by atoms with E-state index in [0.717, 1.165) is 5.56 Å². The van der Waals surface area contributed by atoms with Crippen LogP contribution in [0, 0.1) is 0 Å². The molecular weight excluding hydrogens is 560 g/mol. The van der Waals surface area contributed by atoms with Gasteiger partial charge in [-0.25, -0.2) is 9.78 Å². The molecule has 3 rings (SSSR count). The number of rotatable bonds is 12. The second-order valence-corrected chi connectivity index (χ2v) is 10.5. The van der Waals surface area contributed by atoms with E-state index in [2.05, 4.69) is 32.5 Å². The number of carbonyl (C=O) groups excluding carboxylic acids is 3. The molecule has 0 atom stereocenters. The highest BCUT2D eigenvalue weighted by Crippen LogP contribution is 2.33. The van der Waals surface area contributed by atoms with Gasteiger partial charge in [-0.1, -0.05) is 36.4 Å². The van der Waals surface area contributed by atoms with Crippen molar-refractivity contribution in [1.29, 1.82) is 0 Å². The Hall–Kier alpha value is -4.64. The van der Waals surface area contributed by atoms with Gasteiger partial charge in [0.15, 0.2) is 11.6 Å². The van der Waals surface area contributed by atoms with Gasteiger partial charge in [-0.3, -0.25) is 9.59 Å². The zero-order valence-electron chi connectivity index (χ0n) is 24.3. The van der Waals surface area contributed by atoms with E-state index in [1.807, 2.05) is 24.3 Å². The molecule has 3 N–H and O–H groups in total. The first-order valence-electron chi connectivity index (χ1n) is 13.1. The maximum Gasteiger partial charge on any atom is 0.407 e. The number of ether oxygens (including phenoxy) is 2. The van der Waals surface area contributed by atoms with Gasteiger partial charge >= 0.3 is 6.09 Å². The summed E-state index contributed by atoms with van der Waals surface area (Å²) in [5.41, 5.74) is 1.93. The lowest BCUT2D eigenvalue weighted by atomic mass is 10.1. The molecular formula is C30H35ClN6O5. The number of para-hydroxylation sites is 1. The van der Waals surface area contributed by atoms with Crippen molar-refractivity contribution in [3.8, 4) is 5.75 Å². The van der Waals surface area contributed by atoms with Gasteiger partial charge in [0.25, 0.3) is 0 Å². The van der Waals surface area contributed by atoms with Crippen LogP contribution < -0.4 is 25.6 Å². The first kappa shape index (κ1) is 31.9. The Labute approximate surface area is 250 Å². The summed E-state index contributed by atoms with van der Waals surface area (Å²) in [6.07, 6.45) is 2.35. The summed E-state index contributed by atoms with van der Waals surface area (Å²) in [5.74, 6) is 0.676. The number of carbonyl (C=O) groups is 3. The van der Waals surface area contributed by atoms with E-state index in [0.29, 0.717) is 28.6 Å². The third-order valence-electron chi connectivity index (χ3n) is 5.73. The van der Waals surface area contributed by atoms with Crippen molar-refractivity contribution in [2.75, 3.05) is 35.7 Å². The van der Waals surface area contributed by atoms with Gasteiger partial charge in [0.05, 0.1) is 19.0 Å². The topological polar surface area (TPSA) is 135 Å². The van der Waals surface area contributed by atoms with Gasteiger partial charge in [0.1, 0.15) is 16.4 Å². The Bertz CT molecular complexity index is 1460. The quantitative estimate of drug-likeness (QED) is 0.222. The highest BCUT2D eigenvalue weighted by molar-refractivity contribution is 6.33. The maximum atomic E-state index is 12.4. The number of nitrogens with zero attached hydrogens (tertiary/aromatic N) is 3. The summed E-state index contributed by atoms with van der Waals surface area (Å²) in [6, 6.07) is 12.5. The molecule has 0 saturated carbocycles. The van der Waals surface area contributed by atoms with Crippen LogP contribution in [-0.4, -0.2) is 53.6 Å². The highest BCUT2D eigenvalue weighted by Gasteiger charge is 2.18. The molecule has 0 aliphatic heterocycles. The van der Waals surface area contributed by atoms with E-state index in [1.165, 1.54) is 31.2 Å². The monoisotopic (exact) mass is 594 g/mol. The number of halogens is 1. The van der Waals surface area contributed by atoms with E-state index < -0.39 is 11.7 Å². The third-order valence-corrected chi connectivity index (χ3v) is 6.01. The van der Waals surface area contributed by atoms with Gasteiger partial charge in [-0.15, -0.1) is 0 Å². The van der Waals surface area contributed by atoms with E-state index in [9.17, 15) is 14.4 Å². The predicted octanol–water partition coefficient (Wildman–Crippen LogP) is 5.80. The standard InChI is InChI=1S/C30H35ClN6O5/c1-7-22(39)16-20-10-8-9-11-24(20)34-27-23(31)18-33-28(36-27)35-25-13-12-21(17-26(25)41-6)37(19(2)38)15-14-32-29(40)42-30(3,4)5/h7-13,17-18H,1,14-16H2,2-6H3,(H,32,40)(H2,33,34,35,36). The molecule has 0 bridgehead atoms. The van der Waals surface area contributed by atoms with Crippen molar-refractivity contribution >= 4 is 58.2 Å². The van der Waals surface area contributed by atoms with Crippen LogP contribution in [0.4, 0.5) is 33.6 Å². The number of aromatic nitrogens is 2. The van der Waals surface area contributed by atoms with Gasteiger partial charge in [0.2, 0.25) is 11.9 Å². The van der Waals surface area contributed by atoms with E-state index in [-0.39, 0.29) is 42.2 Å². The summed E-state index contributed by atoms with van der Waals surface area (Å²) in [7, 11) is 1.50. The van der Waals surface area contributed by atoms with Crippen LogP contribution >= 0.6 is 11.6 Å². The zero-order chi connectivity index (χ0) is 30.9. The molecule has 42 heavy (non-hydrogen) atoms. The minimum Gasteiger partial charge on any atom is -0.494 e. The lowest BCUT2D eigenvalue weighted by molar-refractivity contribution is -0.116. The fourth-order valence-corrected chi connectivity index (χ4v) is 3.96. The van der Waals surface area contributed by atoms with E-state index >= 15 is 0 Å². The number of allylic oxidation sites excluding steroid dienone is 1. The van der Waals surface area contributed by atoms with Crippen molar-refractivity contribution in [1.82, 2.24) is 15.3 Å². The normalized spacial score (nSPS) is 10.8. The smallest absolute Gasteiger partial charge is 0.407 e. The van der Waals surface area contributed by atoms with Crippen LogP contribution in [0.15, 0.2) is 61.3 Å². The zero-order valence-corrected chi connectivity index (χ0v) is 25.0. The Morgan fingerprint density at radius 2 is 1.83 bits per heavy atom. The van der Waals surface area contributed by atoms with Crippen molar-refractivity contribution in [2.24, 2.45) is 0 Å². The highest BCUT2D eigenvalue weighted by atomic mass is 35.5. The molecule has 3 aromatic rings. The van der Waals surface area contributed by atoms with Crippen LogP contribution in [0.5, 0.6) is 5.75 Å². The lowest BCUT2D eigenvalue weighted by Gasteiger charge is -2.24. The number of alkyl carbamates (subject to hydrolysis) is 1. The van der Waals surface area contributed by atoms with Gasteiger partial charge in [0, 0.05) is 43.9 Å². The summed E-state index contributed by atoms with van der Waals surface area (Å²) in [5, 5.41) is 9.23. The number of ketones is 1. The first-order chi connectivity index (χ1) is 19.9. The fourth-order valence-electron chi connectivity index (χ4n) is 3.82. The number of hydrogen-bond donors (Lipinski definition) is 3. The summed E-state index contributed by atoms with van der Waals surface area (Å²) in [4.78, 5) is 46.6. The molecule has 222 valence electrons. The second-order valence-electron chi connectivity index (χ2n) is 10.1. The molecule has 11 nitrogen and oxygen atoms in total. The number of methoxy groups -OCH3 is 1. The van der Waals surface area contributed by atoms with Crippen LogP contribution in [0.3, 0.4) is 0 Å². The molecule has 0 spiro atoms. The number of nitrogens with one attached hydrogen (secondary N) is 3. The van der Waals surface area contributed by atoms with E-state index in [4.69, 9.17) is 21.1 Å². The predicted molar refractivity (Wildman–Crippen MR) is 164 cm³/mol. The maximum absolute atomic E-state index is 12.4. The largest absolute Gasteiger partial charge is 0.494 e. The summed E-state index contributed by atoms with van der Waals surface area (Å²) in [6.45, 7) is 10.7. The summed E-state index contributed by atoms with van der Waals surface area (Å²) < 4.78 is 10.8. The molecule has 0 saturated heterocycles. The van der Waals surface area contributed by atoms with Crippen molar-refractivity contribution in [2.45, 2.75) is 39.7 Å². The molecule has 12 heteroatoms. The molecule has 1 aromatic heterocycles. The van der Waals surface area contributed by atoms with Crippen molar-refractivity contribution < 1.29 is 23.9 Å². The minimum atomic E-state index is -0.624. The fraction of sp³-hybridized carbons (Fsp3) is 0.300. The van der Waals surface area contributed by atoms with Gasteiger partial charge in [-0.05, 0) is 50.6 Å². The number of hydrogen-bond acceptors (Lipinski definition) is 9. The van der Waals surface area contributed by atoms with Crippen molar-refractivity contribution in [3.63, 3.8) is 0 Å². The van der Waals surface area contributed by atoms with Crippen molar-refractivity contribution in [3.05, 3.63) is 71.9 Å². The Balaban J connectivity index is 1.77.